The van der Waals surface area contributed by atoms with Crippen molar-refractivity contribution in [2.75, 3.05) is 25.0 Å². The second kappa shape index (κ2) is 9.26. The van der Waals surface area contributed by atoms with Crippen LogP contribution in [0, 0.1) is 0 Å². The summed E-state index contributed by atoms with van der Waals surface area (Å²) in [6.07, 6.45) is 1.88. The lowest BCUT2D eigenvalue weighted by atomic mass is 10.2. The van der Waals surface area contributed by atoms with Gasteiger partial charge in [-0.25, -0.2) is 4.79 Å². The predicted octanol–water partition coefficient (Wildman–Crippen LogP) is 2.86. The third-order valence-corrected chi connectivity index (χ3v) is 4.98. The van der Waals surface area contributed by atoms with Crippen LogP contribution in [0.15, 0.2) is 59.4 Å². The number of aryl methyl sites for hydroxylation is 1. The molecular weight excluding hydrogens is 352 g/mol. The van der Waals surface area contributed by atoms with E-state index in [0.717, 1.165) is 30.4 Å². The molecule has 0 unspecified atom stereocenters. The molecule has 0 aliphatic carbocycles. The fraction of sp³-hybridized carbons (Fsp3) is 0.364. The van der Waals surface area contributed by atoms with Gasteiger partial charge in [0.05, 0.1) is 11.0 Å². The number of carbonyl (C=O) groups is 1. The molecule has 0 bridgehead atoms. The lowest BCUT2D eigenvalue weighted by Gasteiger charge is -2.19. The van der Waals surface area contributed by atoms with Gasteiger partial charge in [0.15, 0.2) is 0 Å². The van der Waals surface area contributed by atoms with Crippen LogP contribution in [-0.2, 0) is 17.9 Å². The molecule has 0 atom stereocenters. The van der Waals surface area contributed by atoms with Crippen molar-refractivity contribution in [1.82, 2.24) is 14.5 Å². The summed E-state index contributed by atoms with van der Waals surface area (Å²) < 4.78 is 3.25. The highest BCUT2D eigenvalue weighted by atomic mass is 16.2. The second-order valence-corrected chi connectivity index (χ2v) is 6.92. The predicted molar refractivity (Wildman–Crippen MR) is 114 cm³/mol. The van der Waals surface area contributed by atoms with E-state index in [1.54, 1.807) is 9.13 Å². The Bertz CT molecular complexity index is 975. The van der Waals surface area contributed by atoms with Crippen molar-refractivity contribution in [3.8, 4) is 0 Å². The monoisotopic (exact) mass is 380 g/mol. The smallest absolute Gasteiger partial charge is 0.329 e. The zero-order valence-corrected chi connectivity index (χ0v) is 16.6. The molecule has 3 rings (SSSR count). The zero-order chi connectivity index (χ0) is 19.9. The summed E-state index contributed by atoms with van der Waals surface area (Å²) in [7, 11) is 2.07. The van der Waals surface area contributed by atoms with E-state index < -0.39 is 0 Å². The number of amides is 1. The van der Waals surface area contributed by atoms with Crippen LogP contribution >= 0.6 is 0 Å². The van der Waals surface area contributed by atoms with Crippen LogP contribution in [0.25, 0.3) is 11.0 Å². The number of fused-ring (bicyclic) bond motifs is 1. The second-order valence-electron chi connectivity index (χ2n) is 6.92. The number of unbranched alkanes of at least 4 members (excludes halogenated alkanes) is 1. The average Bonchev–Trinajstić information content (AvgIpc) is 2.99. The first-order valence-corrected chi connectivity index (χ1v) is 9.82. The fourth-order valence-electron chi connectivity index (χ4n) is 3.44. The first-order chi connectivity index (χ1) is 13.6. The Labute approximate surface area is 165 Å². The van der Waals surface area contributed by atoms with Crippen molar-refractivity contribution in [1.29, 1.82) is 0 Å². The maximum Gasteiger partial charge on any atom is 0.329 e. The molecule has 28 heavy (non-hydrogen) atoms. The first kappa shape index (κ1) is 19.7. The molecule has 2 aromatic carbocycles. The molecule has 0 saturated carbocycles. The third-order valence-electron chi connectivity index (χ3n) is 4.98. The van der Waals surface area contributed by atoms with E-state index in [4.69, 9.17) is 0 Å². The maximum atomic E-state index is 12.6. The Morgan fingerprint density at radius 1 is 0.964 bits per heavy atom. The molecule has 1 amide bonds. The van der Waals surface area contributed by atoms with Crippen LogP contribution in [0.1, 0.15) is 19.8 Å². The summed E-state index contributed by atoms with van der Waals surface area (Å²) >= 11 is 0. The van der Waals surface area contributed by atoms with E-state index in [-0.39, 0.29) is 18.1 Å². The van der Waals surface area contributed by atoms with Gasteiger partial charge in [0, 0.05) is 32.4 Å². The maximum absolute atomic E-state index is 12.6. The van der Waals surface area contributed by atoms with Crippen LogP contribution in [0.4, 0.5) is 5.69 Å². The molecule has 0 saturated heterocycles. The van der Waals surface area contributed by atoms with E-state index in [9.17, 15) is 9.59 Å². The number of para-hydroxylation sites is 3. The molecule has 148 valence electrons. The lowest BCUT2D eigenvalue weighted by molar-refractivity contribution is -0.121. The van der Waals surface area contributed by atoms with E-state index in [0.29, 0.717) is 13.1 Å². The van der Waals surface area contributed by atoms with Crippen LogP contribution in [-0.4, -0.2) is 35.2 Å². The minimum absolute atomic E-state index is 0.0518. The quantitative estimate of drug-likeness (QED) is 0.581. The van der Waals surface area contributed by atoms with Crippen molar-refractivity contribution < 1.29 is 4.79 Å². The number of rotatable bonds is 9. The molecule has 0 aliphatic rings. The molecule has 0 spiro atoms. The molecular formula is C22H28N4O2. The third kappa shape index (κ3) is 4.44. The number of imidazole rings is 1. The highest BCUT2D eigenvalue weighted by Gasteiger charge is 2.14. The molecule has 0 aliphatic heterocycles. The summed E-state index contributed by atoms with van der Waals surface area (Å²) in [6.45, 7) is 4.12. The molecule has 6 nitrogen and oxygen atoms in total. The lowest BCUT2D eigenvalue weighted by Crippen LogP contribution is -2.33. The van der Waals surface area contributed by atoms with Gasteiger partial charge in [-0.1, -0.05) is 30.3 Å². The van der Waals surface area contributed by atoms with Gasteiger partial charge >= 0.3 is 5.69 Å². The van der Waals surface area contributed by atoms with Gasteiger partial charge in [0.1, 0.15) is 6.54 Å². The van der Waals surface area contributed by atoms with Gasteiger partial charge in [-0.05, 0) is 44.0 Å². The Morgan fingerprint density at radius 3 is 2.29 bits per heavy atom. The van der Waals surface area contributed by atoms with Gasteiger partial charge in [0.25, 0.3) is 0 Å². The summed E-state index contributed by atoms with van der Waals surface area (Å²) in [6, 6.07) is 17.8. The Balaban J connectivity index is 1.48. The molecule has 3 aromatic rings. The van der Waals surface area contributed by atoms with Crippen LogP contribution in [0.5, 0.6) is 0 Å². The first-order valence-electron chi connectivity index (χ1n) is 9.82. The number of carbonyl (C=O) groups excluding carboxylic acids is 1. The molecule has 6 heteroatoms. The van der Waals surface area contributed by atoms with Crippen LogP contribution in [0.2, 0.25) is 0 Å². The molecule has 0 radical (unpaired) electrons. The number of benzene rings is 2. The highest BCUT2D eigenvalue weighted by molar-refractivity contribution is 5.80. The Morgan fingerprint density at radius 2 is 1.61 bits per heavy atom. The van der Waals surface area contributed by atoms with Crippen molar-refractivity contribution >= 4 is 22.6 Å². The molecule has 1 N–H and O–H groups in total. The summed E-state index contributed by atoms with van der Waals surface area (Å²) in [5, 5.41) is 2.94. The van der Waals surface area contributed by atoms with Crippen molar-refractivity contribution in [2.45, 2.75) is 32.9 Å². The van der Waals surface area contributed by atoms with Crippen molar-refractivity contribution in [2.24, 2.45) is 0 Å². The number of hydrogen-bond acceptors (Lipinski definition) is 3. The van der Waals surface area contributed by atoms with Crippen molar-refractivity contribution in [3.05, 3.63) is 65.1 Å². The highest BCUT2D eigenvalue weighted by Crippen LogP contribution is 2.13. The Hall–Kier alpha value is -3.02. The summed E-state index contributed by atoms with van der Waals surface area (Å²) in [5.41, 5.74) is 2.72. The van der Waals surface area contributed by atoms with Gasteiger partial charge < -0.3 is 10.2 Å². The molecule has 1 aromatic heterocycles. The molecule has 0 fully saturated rings. The van der Waals surface area contributed by atoms with E-state index in [1.165, 1.54) is 5.69 Å². The van der Waals surface area contributed by atoms with E-state index >= 15 is 0 Å². The minimum atomic E-state index is -0.136. The topological polar surface area (TPSA) is 59.3 Å². The number of anilines is 1. The van der Waals surface area contributed by atoms with Crippen molar-refractivity contribution in [3.63, 3.8) is 0 Å². The largest absolute Gasteiger partial charge is 0.375 e. The van der Waals surface area contributed by atoms with Gasteiger partial charge in [0.2, 0.25) is 5.91 Å². The Kier molecular flexibility index (Phi) is 6.53. The standard InChI is InChI=1S/C22H28N4O2/c1-3-25-19-13-7-8-14-20(19)26(22(25)28)17-21(27)23-15-9-10-16-24(2)18-11-5-4-6-12-18/h4-8,11-14H,3,9-10,15-17H2,1-2H3,(H,23,27). The van der Waals surface area contributed by atoms with Crippen LogP contribution in [0.3, 0.4) is 0 Å². The number of nitrogens with one attached hydrogen (secondary N) is 1. The van der Waals surface area contributed by atoms with Gasteiger partial charge in [-0.3, -0.25) is 13.9 Å². The molecule has 1 heterocycles. The zero-order valence-electron chi connectivity index (χ0n) is 16.6. The summed E-state index contributed by atoms with van der Waals surface area (Å²) in [4.78, 5) is 27.1. The van der Waals surface area contributed by atoms with Gasteiger partial charge in [-0.15, -0.1) is 0 Å². The normalized spacial score (nSPS) is 10.9. The number of aromatic nitrogens is 2. The SMILES string of the molecule is CCn1c(=O)n(CC(=O)NCCCCN(C)c2ccccc2)c2ccccc21. The summed E-state index contributed by atoms with van der Waals surface area (Å²) in [5.74, 6) is -0.127. The van der Waals surface area contributed by atoms with E-state index in [2.05, 4.69) is 29.4 Å². The average molecular weight is 380 g/mol. The number of nitrogens with zero attached hydrogens (tertiary/aromatic N) is 3. The number of hydrogen-bond donors (Lipinski definition) is 1. The van der Waals surface area contributed by atoms with Crippen LogP contribution < -0.4 is 15.9 Å². The van der Waals surface area contributed by atoms with E-state index in [1.807, 2.05) is 49.4 Å². The minimum Gasteiger partial charge on any atom is -0.375 e. The van der Waals surface area contributed by atoms with Gasteiger partial charge in [-0.2, -0.15) is 0 Å². The fourth-order valence-corrected chi connectivity index (χ4v) is 3.44.